The zero-order chi connectivity index (χ0) is 14.5. The number of Topliss-reactive ketones (excluding diaryl/α,β-unsaturated/α-hetero) is 1. The van der Waals surface area contributed by atoms with E-state index in [1.54, 1.807) is 34.6 Å². The molecule has 0 spiro atoms. The fourth-order valence-corrected chi connectivity index (χ4v) is 1.81. The summed E-state index contributed by atoms with van der Waals surface area (Å²) >= 11 is 4.11. The SMILES string of the molecule is CCCN=C(N)NSOI.NCC(=O)c1nccs1. The molecule has 1 heterocycles. The van der Waals surface area contributed by atoms with Gasteiger partial charge < -0.3 is 11.5 Å². The van der Waals surface area contributed by atoms with E-state index in [0.29, 0.717) is 11.0 Å². The first kappa shape index (κ1) is 18.6. The second-order valence-corrected chi connectivity index (χ2v) is 5.45. The Hall–Kier alpha value is -0.430. The lowest BCUT2D eigenvalue weighted by Crippen LogP contribution is -2.25. The van der Waals surface area contributed by atoms with E-state index in [-0.39, 0.29) is 12.3 Å². The molecule has 0 aliphatic rings. The van der Waals surface area contributed by atoms with E-state index in [1.807, 2.05) is 6.92 Å². The van der Waals surface area contributed by atoms with Crippen molar-refractivity contribution in [2.24, 2.45) is 16.5 Å². The number of carbonyl (C=O) groups is 1. The van der Waals surface area contributed by atoms with Gasteiger partial charge in [-0.25, -0.2) is 7.50 Å². The van der Waals surface area contributed by atoms with Crippen molar-refractivity contribution < 1.29 is 7.31 Å². The van der Waals surface area contributed by atoms with Crippen LogP contribution in [0.15, 0.2) is 16.6 Å². The van der Waals surface area contributed by atoms with Crippen LogP contribution in [0, 0.1) is 0 Å². The van der Waals surface area contributed by atoms with Gasteiger partial charge in [0.25, 0.3) is 0 Å². The Labute approximate surface area is 134 Å². The molecule has 1 rings (SSSR count). The molecule has 0 aliphatic heterocycles. The number of hydrogen-bond acceptors (Lipinski definition) is 7. The molecule has 0 fully saturated rings. The van der Waals surface area contributed by atoms with E-state index in [4.69, 9.17) is 11.5 Å². The smallest absolute Gasteiger partial charge is 0.204 e. The van der Waals surface area contributed by atoms with Crippen LogP contribution in [0.5, 0.6) is 0 Å². The number of nitrogens with one attached hydrogen (secondary N) is 1. The second-order valence-electron chi connectivity index (χ2n) is 2.98. The van der Waals surface area contributed by atoms with Gasteiger partial charge in [-0.05, 0) is 6.42 Å². The van der Waals surface area contributed by atoms with Crippen molar-refractivity contribution in [1.29, 1.82) is 0 Å². The fraction of sp³-hybridized carbons (Fsp3) is 0.444. The molecule has 1 aromatic rings. The molecule has 5 N–H and O–H groups in total. The third kappa shape index (κ3) is 10.1. The second kappa shape index (κ2) is 12.6. The molecule has 19 heavy (non-hydrogen) atoms. The Morgan fingerprint density at radius 2 is 2.47 bits per heavy atom. The van der Waals surface area contributed by atoms with Gasteiger partial charge in [0, 0.05) is 18.1 Å². The number of hydrogen-bond donors (Lipinski definition) is 3. The van der Waals surface area contributed by atoms with Gasteiger partial charge >= 0.3 is 0 Å². The van der Waals surface area contributed by atoms with Crippen molar-refractivity contribution in [2.75, 3.05) is 13.1 Å². The van der Waals surface area contributed by atoms with Crippen LogP contribution in [-0.2, 0) is 2.51 Å². The highest BCUT2D eigenvalue weighted by Crippen LogP contribution is 2.03. The van der Waals surface area contributed by atoms with Crippen molar-refractivity contribution in [3.8, 4) is 0 Å². The summed E-state index contributed by atoms with van der Waals surface area (Å²) in [5.41, 5.74) is 10.5. The maximum Gasteiger partial charge on any atom is 0.204 e. The molecule has 0 saturated heterocycles. The predicted molar refractivity (Wildman–Crippen MR) is 88.1 cm³/mol. The molecule has 0 aliphatic carbocycles. The van der Waals surface area contributed by atoms with Crippen LogP contribution in [0.4, 0.5) is 0 Å². The number of ketones is 1. The Morgan fingerprint density at radius 3 is 2.95 bits per heavy atom. The summed E-state index contributed by atoms with van der Waals surface area (Å²) in [7, 11) is 0. The van der Waals surface area contributed by atoms with Crippen LogP contribution < -0.4 is 16.2 Å². The Balaban J connectivity index is 0.000000342. The average molecular weight is 417 g/mol. The average Bonchev–Trinajstić information content (AvgIpc) is 2.96. The lowest BCUT2D eigenvalue weighted by Gasteiger charge is -1.98. The molecule has 0 unspecified atom stereocenters. The van der Waals surface area contributed by atoms with Gasteiger partial charge in [0.2, 0.25) is 11.7 Å². The summed E-state index contributed by atoms with van der Waals surface area (Å²) in [4.78, 5) is 18.4. The van der Waals surface area contributed by atoms with Crippen LogP contribution in [0.1, 0.15) is 23.1 Å². The Kier molecular flexibility index (Phi) is 12.3. The molecule has 0 radical (unpaired) electrons. The van der Waals surface area contributed by atoms with E-state index >= 15 is 0 Å². The summed E-state index contributed by atoms with van der Waals surface area (Å²) in [5.74, 6) is 0.313. The molecule has 0 aromatic carbocycles. The zero-order valence-corrected chi connectivity index (χ0v) is 14.1. The monoisotopic (exact) mass is 417 g/mol. The predicted octanol–water partition coefficient (Wildman–Crippen LogP) is 1.52. The number of rotatable bonds is 6. The van der Waals surface area contributed by atoms with Crippen LogP contribution in [0.25, 0.3) is 0 Å². The van der Waals surface area contributed by atoms with E-state index in [0.717, 1.165) is 25.2 Å². The van der Waals surface area contributed by atoms with E-state index < -0.39 is 0 Å². The first-order valence-corrected chi connectivity index (χ1v) is 7.78. The topological polar surface area (TPSA) is 116 Å². The summed E-state index contributed by atoms with van der Waals surface area (Å²) in [6.07, 6.45) is 2.59. The van der Waals surface area contributed by atoms with Gasteiger partial charge in [-0.3, -0.25) is 14.5 Å². The highest BCUT2D eigenvalue weighted by molar-refractivity contribution is 14.1. The van der Waals surface area contributed by atoms with E-state index in [2.05, 4.69) is 17.2 Å². The molecule has 10 heteroatoms. The number of nitrogens with two attached hydrogens (primary N) is 2. The summed E-state index contributed by atoms with van der Waals surface area (Å²) in [5, 5.41) is 2.25. The van der Waals surface area contributed by atoms with Crippen molar-refractivity contribution in [1.82, 2.24) is 9.71 Å². The van der Waals surface area contributed by atoms with Crippen molar-refractivity contribution in [2.45, 2.75) is 13.3 Å². The van der Waals surface area contributed by atoms with Gasteiger partial charge in [0.1, 0.15) is 35.2 Å². The van der Waals surface area contributed by atoms with Gasteiger partial charge in [-0.2, -0.15) is 0 Å². The van der Waals surface area contributed by atoms with Crippen molar-refractivity contribution in [3.63, 3.8) is 0 Å². The standard InChI is InChI=1S/C5H6N2OS.C4H10IN3OS/c6-3-4(8)5-7-1-2-9-5;1-2-3-7-4(6)8-10-9-5/h1-2H,3,6H2;2-3H2,1H3,(H3,6,7,8). The number of aliphatic imine (C=N–C) groups is 1. The number of carbonyl (C=O) groups excluding carboxylic acids is 1. The molecule has 0 atom stereocenters. The summed E-state index contributed by atoms with van der Waals surface area (Å²) in [6, 6.07) is 0. The highest BCUT2D eigenvalue weighted by Gasteiger charge is 2.03. The lowest BCUT2D eigenvalue weighted by molar-refractivity contribution is 0.100. The Morgan fingerprint density at radius 1 is 1.74 bits per heavy atom. The maximum atomic E-state index is 10.7. The molecule has 108 valence electrons. The number of nitrogens with zero attached hydrogens (tertiary/aromatic N) is 2. The molecule has 0 amide bonds. The number of guanidine groups is 1. The van der Waals surface area contributed by atoms with Crippen LogP contribution in [-0.4, -0.2) is 29.8 Å². The van der Waals surface area contributed by atoms with Crippen LogP contribution >= 0.6 is 46.6 Å². The number of thiazole rings is 1. The minimum Gasteiger partial charge on any atom is -0.369 e. The first-order chi connectivity index (χ1) is 9.15. The summed E-state index contributed by atoms with van der Waals surface area (Å²) in [6.45, 7) is 2.84. The maximum absolute atomic E-state index is 10.7. The summed E-state index contributed by atoms with van der Waals surface area (Å²) < 4.78 is 7.29. The molecular formula is C9H16IN5O2S2. The first-order valence-electron chi connectivity index (χ1n) is 5.28. The lowest BCUT2D eigenvalue weighted by atomic mass is 10.4. The van der Waals surface area contributed by atoms with Gasteiger partial charge in [0.05, 0.1) is 6.54 Å². The van der Waals surface area contributed by atoms with E-state index in [1.165, 1.54) is 11.3 Å². The van der Waals surface area contributed by atoms with Crippen molar-refractivity contribution in [3.05, 3.63) is 16.6 Å². The van der Waals surface area contributed by atoms with Crippen molar-refractivity contribution >= 4 is 58.3 Å². The van der Waals surface area contributed by atoms with Gasteiger partial charge in [-0.15, -0.1) is 11.3 Å². The fourth-order valence-electron chi connectivity index (χ4n) is 0.771. The minimum absolute atomic E-state index is 0.0491. The third-order valence-corrected chi connectivity index (χ3v) is 3.25. The highest BCUT2D eigenvalue weighted by atomic mass is 127. The van der Waals surface area contributed by atoms with Crippen LogP contribution in [0.2, 0.25) is 0 Å². The van der Waals surface area contributed by atoms with Gasteiger partial charge in [0.15, 0.2) is 5.01 Å². The minimum atomic E-state index is -0.0926. The van der Waals surface area contributed by atoms with Crippen LogP contribution in [0.3, 0.4) is 0 Å². The number of aromatic nitrogens is 1. The molecule has 7 nitrogen and oxygen atoms in total. The van der Waals surface area contributed by atoms with E-state index in [9.17, 15) is 4.79 Å². The normalized spacial score (nSPS) is 10.6. The Bertz CT molecular complexity index is 375. The molecular weight excluding hydrogens is 401 g/mol. The third-order valence-electron chi connectivity index (χ3n) is 1.54. The number of halogens is 1. The molecule has 0 bridgehead atoms. The quantitative estimate of drug-likeness (QED) is 0.161. The van der Waals surface area contributed by atoms with Gasteiger partial charge in [-0.1, -0.05) is 6.92 Å². The zero-order valence-electron chi connectivity index (χ0n) is 10.3. The molecule has 1 aromatic heterocycles. The molecule has 0 saturated carbocycles. The largest absolute Gasteiger partial charge is 0.369 e.